The Labute approximate surface area is 106 Å². The molecule has 2 N–H and O–H groups in total. The SMILES string of the molecule is N=C/C(=C\NCC1CC1)Cc1cccnc1Cl. The van der Waals surface area contributed by atoms with Crippen molar-refractivity contribution in [3.8, 4) is 0 Å². The van der Waals surface area contributed by atoms with Crippen LogP contribution in [0.15, 0.2) is 30.1 Å². The number of hydrogen-bond acceptors (Lipinski definition) is 3. The van der Waals surface area contributed by atoms with Crippen LogP contribution in [0.4, 0.5) is 0 Å². The van der Waals surface area contributed by atoms with Crippen LogP contribution in [-0.4, -0.2) is 17.7 Å². The molecule has 1 aromatic heterocycles. The molecule has 1 aromatic rings. The van der Waals surface area contributed by atoms with Crippen molar-refractivity contribution in [2.75, 3.05) is 6.54 Å². The number of nitrogens with one attached hydrogen (secondary N) is 2. The largest absolute Gasteiger partial charge is 0.390 e. The van der Waals surface area contributed by atoms with E-state index in [0.717, 1.165) is 23.6 Å². The van der Waals surface area contributed by atoms with Gasteiger partial charge in [-0.2, -0.15) is 0 Å². The molecule has 1 fully saturated rings. The predicted octanol–water partition coefficient (Wildman–Crippen LogP) is 2.81. The van der Waals surface area contributed by atoms with Gasteiger partial charge in [0, 0.05) is 31.6 Å². The minimum Gasteiger partial charge on any atom is -0.390 e. The normalized spacial score (nSPS) is 15.7. The lowest BCUT2D eigenvalue weighted by atomic mass is 10.1. The van der Waals surface area contributed by atoms with E-state index in [9.17, 15) is 0 Å². The fourth-order valence-corrected chi connectivity index (χ4v) is 1.78. The fourth-order valence-electron chi connectivity index (χ4n) is 1.59. The first-order chi connectivity index (χ1) is 8.29. The fraction of sp³-hybridized carbons (Fsp3) is 0.385. The van der Waals surface area contributed by atoms with Gasteiger partial charge in [0.25, 0.3) is 0 Å². The summed E-state index contributed by atoms with van der Waals surface area (Å²) in [4.78, 5) is 4.03. The number of aromatic nitrogens is 1. The standard InChI is InChI=1S/C13H16ClN3/c14-13-12(2-1-5-17-13)6-11(7-15)9-16-8-10-3-4-10/h1-2,5,7,9-10,15-16H,3-4,6,8H2/b11-9-,15-7?. The van der Waals surface area contributed by atoms with Crippen molar-refractivity contribution >= 4 is 17.8 Å². The van der Waals surface area contributed by atoms with Crippen LogP contribution in [-0.2, 0) is 6.42 Å². The van der Waals surface area contributed by atoms with Crippen molar-refractivity contribution in [3.63, 3.8) is 0 Å². The molecule has 3 nitrogen and oxygen atoms in total. The topological polar surface area (TPSA) is 48.8 Å². The van der Waals surface area contributed by atoms with E-state index in [-0.39, 0.29) is 0 Å². The van der Waals surface area contributed by atoms with E-state index < -0.39 is 0 Å². The molecule has 90 valence electrons. The van der Waals surface area contributed by atoms with Crippen LogP contribution in [0.3, 0.4) is 0 Å². The third-order valence-electron chi connectivity index (χ3n) is 2.81. The highest BCUT2D eigenvalue weighted by atomic mass is 35.5. The van der Waals surface area contributed by atoms with Crippen molar-refractivity contribution in [2.45, 2.75) is 19.3 Å². The van der Waals surface area contributed by atoms with Crippen molar-refractivity contribution in [2.24, 2.45) is 5.92 Å². The Balaban J connectivity index is 1.93. The van der Waals surface area contributed by atoms with E-state index in [1.165, 1.54) is 19.1 Å². The van der Waals surface area contributed by atoms with Gasteiger partial charge in [-0.3, -0.25) is 0 Å². The first kappa shape index (κ1) is 12.1. The number of rotatable bonds is 6. The Hall–Kier alpha value is -1.35. The van der Waals surface area contributed by atoms with Crippen molar-refractivity contribution < 1.29 is 0 Å². The highest BCUT2D eigenvalue weighted by Crippen LogP contribution is 2.27. The van der Waals surface area contributed by atoms with E-state index in [0.29, 0.717) is 11.6 Å². The third-order valence-corrected chi connectivity index (χ3v) is 3.15. The molecule has 1 aliphatic carbocycles. The predicted molar refractivity (Wildman–Crippen MR) is 70.5 cm³/mol. The summed E-state index contributed by atoms with van der Waals surface area (Å²) in [6.07, 6.45) is 8.25. The lowest BCUT2D eigenvalue weighted by Gasteiger charge is -2.05. The Morgan fingerprint density at radius 1 is 1.59 bits per heavy atom. The molecule has 1 aliphatic rings. The molecular formula is C13H16ClN3. The molecule has 0 amide bonds. The van der Waals surface area contributed by atoms with Gasteiger partial charge in [-0.15, -0.1) is 0 Å². The van der Waals surface area contributed by atoms with Crippen LogP contribution in [0.5, 0.6) is 0 Å². The number of allylic oxidation sites excluding steroid dienone is 1. The zero-order valence-electron chi connectivity index (χ0n) is 9.62. The van der Waals surface area contributed by atoms with Crippen LogP contribution >= 0.6 is 11.6 Å². The van der Waals surface area contributed by atoms with Gasteiger partial charge in [0.2, 0.25) is 0 Å². The molecule has 1 saturated carbocycles. The summed E-state index contributed by atoms with van der Waals surface area (Å²) in [6.45, 7) is 1.01. The minimum absolute atomic E-state index is 0.516. The average Bonchev–Trinajstić information content (AvgIpc) is 3.14. The maximum Gasteiger partial charge on any atom is 0.132 e. The molecular weight excluding hydrogens is 234 g/mol. The molecule has 0 aliphatic heterocycles. The second-order valence-corrected chi connectivity index (χ2v) is 4.70. The first-order valence-electron chi connectivity index (χ1n) is 5.82. The number of halogens is 1. The average molecular weight is 250 g/mol. The molecule has 0 aromatic carbocycles. The van der Waals surface area contributed by atoms with Gasteiger partial charge in [-0.05, 0) is 36.0 Å². The summed E-state index contributed by atoms with van der Waals surface area (Å²) in [5, 5.41) is 11.2. The Morgan fingerprint density at radius 2 is 2.41 bits per heavy atom. The monoisotopic (exact) mass is 249 g/mol. The zero-order chi connectivity index (χ0) is 12.1. The lowest BCUT2D eigenvalue weighted by Crippen LogP contribution is -2.11. The highest BCUT2D eigenvalue weighted by molar-refractivity contribution is 6.30. The molecule has 2 rings (SSSR count). The molecule has 0 saturated heterocycles. The van der Waals surface area contributed by atoms with Gasteiger partial charge in [-0.25, -0.2) is 4.98 Å². The van der Waals surface area contributed by atoms with E-state index in [4.69, 9.17) is 17.0 Å². The minimum atomic E-state index is 0.516. The summed E-state index contributed by atoms with van der Waals surface area (Å²) >= 11 is 5.99. The highest BCUT2D eigenvalue weighted by Gasteiger charge is 2.19. The van der Waals surface area contributed by atoms with Gasteiger partial charge < -0.3 is 10.7 Å². The number of nitrogens with zero attached hydrogens (tertiary/aromatic N) is 1. The molecule has 0 radical (unpaired) electrons. The first-order valence-corrected chi connectivity index (χ1v) is 6.19. The summed E-state index contributed by atoms with van der Waals surface area (Å²) in [6, 6.07) is 3.80. The Bertz CT molecular complexity index is 424. The van der Waals surface area contributed by atoms with Crippen LogP contribution in [0.1, 0.15) is 18.4 Å². The molecule has 1 heterocycles. The summed E-state index contributed by atoms with van der Waals surface area (Å²) in [5.41, 5.74) is 1.87. The second-order valence-electron chi connectivity index (χ2n) is 4.35. The van der Waals surface area contributed by atoms with E-state index >= 15 is 0 Å². The van der Waals surface area contributed by atoms with Crippen LogP contribution in [0.2, 0.25) is 5.15 Å². The van der Waals surface area contributed by atoms with Crippen LogP contribution in [0.25, 0.3) is 0 Å². The zero-order valence-corrected chi connectivity index (χ0v) is 10.4. The molecule has 0 atom stereocenters. The number of hydrogen-bond donors (Lipinski definition) is 2. The molecule has 4 heteroatoms. The second kappa shape index (κ2) is 5.82. The van der Waals surface area contributed by atoms with Crippen LogP contribution in [0, 0.1) is 11.3 Å². The summed E-state index contributed by atoms with van der Waals surface area (Å²) in [7, 11) is 0. The summed E-state index contributed by atoms with van der Waals surface area (Å²) in [5.74, 6) is 0.834. The van der Waals surface area contributed by atoms with Gasteiger partial charge in [-0.1, -0.05) is 17.7 Å². The van der Waals surface area contributed by atoms with E-state index in [1.54, 1.807) is 6.20 Å². The molecule has 0 bridgehead atoms. The molecule has 17 heavy (non-hydrogen) atoms. The van der Waals surface area contributed by atoms with Gasteiger partial charge in [0.15, 0.2) is 0 Å². The van der Waals surface area contributed by atoms with Crippen molar-refractivity contribution in [1.29, 1.82) is 5.41 Å². The van der Waals surface area contributed by atoms with Crippen LogP contribution < -0.4 is 5.32 Å². The maximum atomic E-state index is 7.38. The molecule has 0 unspecified atom stereocenters. The van der Waals surface area contributed by atoms with Crippen molar-refractivity contribution in [1.82, 2.24) is 10.3 Å². The Kier molecular flexibility index (Phi) is 4.15. The maximum absolute atomic E-state index is 7.38. The number of pyridine rings is 1. The van der Waals surface area contributed by atoms with E-state index in [1.807, 2.05) is 18.3 Å². The van der Waals surface area contributed by atoms with E-state index in [2.05, 4.69) is 10.3 Å². The quantitative estimate of drug-likeness (QED) is 0.602. The third kappa shape index (κ3) is 3.86. The van der Waals surface area contributed by atoms with Gasteiger partial charge in [0.05, 0.1) is 0 Å². The van der Waals surface area contributed by atoms with Crippen molar-refractivity contribution in [3.05, 3.63) is 40.8 Å². The molecule has 0 spiro atoms. The summed E-state index contributed by atoms with van der Waals surface area (Å²) < 4.78 is 0. The van der Waals surface area contributed by atoms with Gasteiger partial charge >= 0.3 is 0 Å². The smallest absolute Gasteiger partial charge is 0.132 e. The Morgan fingerprint density at radius 3 is 3.06 bits per heavy atom. The lowest BCUT2D eigenvalue weighted by molar-refractivity contribution is 0.744. The van der Waals surface area contributed by atoms with Gasteiger partial charge in [0.1, 0.15) is 5.15 Å².